The summed E-state index contributed by atoms with van der Waals surface area (Å²) in [5.74, 6) is 1.14. The summed E-state index contributed by atoms with van der Waals surface area (Å²) in [5, 5.41) is 7.28. The maximum absolute atomic E-state index is 13.4. The van der Waals surface area contributed by atoms with Crippen LogP contribution < -0.4 is 10.1 Å². The molecule has 2 heterocycles. The molecule has 1 aromatic heterocycles. The zero-order valence-corrected chi connectivity index (χ0v) is 12.2. The molecule has 1 atom stereocenters. The highest BCUT2D eigenvalue weighted by Crippen LogP contribution is 2.21. The molecule has 3 rings (SSSR count). The van der Waals surface area contributed by atoms with Crippen molar-refractivity contribution in [1.82, 2.24) is 15.5 Å². The molecular formula is C14H17ClFN3O2. The molecule has 0 radical (unpaired) electrons. The van der Waals surface area contributed by atoms with E-state index in [4.69, 9.17) is 9.26 Å². The first-order valence-corrected chi connectivity index (χ1v) is 6.73. The van der Waals surface area contributed by atoms with E-state index in [1.54, 1.807) is 18.2 Å². The summed E-state index contributed by atoms with van der Waals surface area (Å²) in [6.45, 7) is 1.98. The fourth-order valence-electron chi connectivity index (χ4n) is 2.27. The summed E-state index contributed by atoms with van der Waals surface area (Å²) in [4.78, 5) is 4.31. The van der Waals surface area contributed by atoms with Crippen LogP contribution in [0.1, 0.15) is 30.5 Å². The van der Waals surface area contributed by atoms with Gasteiger partial charge < -0.3 is 14.6 Å². The highest BCUT2D eigenvalue weighted by atomic mass is 35.5. The number of nitrogens with one attached hydrogen (secondary N) is 1. The normalized spacial score (nSPS) is 18.0. The summed E-state index contributed by atoms with van der Waals surface area (Å²) in [6.07, 6.45) is 2.17. The number of aromatic nitrogens is 2. The average Bonchev–Trinajstić information content (AvgIpc) is 2.96. The van der Waals surface area contributed by atoms with E-state index in [0.717, 1.165) is 25.9 Å². The summed E-state index contributed by atoms with van der Waals surface area (Å²) in [5.41, 5.74) is 0. The van der Waals surface area contributed by atoms with Gasteiger partial charge in [0.15, 0.2) is 24.0 Å². The number of ether oxygens (including phenoxy) is 1. The lowest BCUT2D eigenvalue weighted by Crippen LogP contribution is -2.28. The molecule has 0 spiro atoms. The number of hydrogen-bond donors (Lipinski definition) is 1. The van der Waals surface area contributed by atoms with E-state index in [1.807, 2.05) is 0 Å². The Balaban J connectivity index is 0.00000161. The Hall–Kier alpha value is -1.66. The molecule has 1 fully saturated rings. The molecule has 1 saturated heterocycles. The first-order valence-electron chi connectivity index (χ1n) is 6.73. The minimum Gasteiger partial charge on any atom is -0.481 e. The highest BCUT2D eigenvalue weighted by Gasteiger charge is 2.20. The highest BCUT2D eigenvalue weighted by molar-refractivity contribution is 5.85. The molecule has 0 saturated carbocycles. The minimum absolute atomic E-state index is 0. The van der Waals surface area contributed by atoms with Gasteiger partial charge in [-0.05, 0) is 31.5 Å². The smallest absolute Gasteiger partial charge is 0.264 e. The van der Waals surface area contributed by atoms with Crippen LogP contribution >= 0.6 is 12.4 Å². The van der Waals surface area contributed by atoms with Crippen LogP contribution in [0.15, 0.2) is 28.8 Å². The first kappa shape index (κ1) is 15.7. The van der Waals surface area contributed by atoms with E-state index < -0.39 is 5.82 Å². The third kappa shape index (κ3) is 3.92. The lowest BCUT2D eigenvalue weighted by molar-refractivity contribution is 0.233. The topological polar surface area (TPSA) is 60.2 Å². The molecule has 1 aromatic carbocycles. The van der Waals surface area contributed by atoms with E-state index in [-0.39, 0.29) is 30.7 Å². The Labute approximate surface area is 128 Å². The molecular weight excluding hydrogens is 297 g/mol. The predicted molar refractivity (Wildman–Crippen MR) is 77.1 cm³/mol. The number of para-hydroxylation sites is 1. The second-order valence-electron chi connectivity index (χ2n) is 4.81. The van der Waals surface area contributed by atoms with Crippen molar-refractivity contribution in [3.05, 3.63) is 41.8 Å². The van der Waals surface area contributed by atoms with Gasteiger partial charge in [-0.25, -0.2) is 4.39 Å². The van der Waals surface area contributed by atoms with E-state index in [9.17, 15) is 4.39 Å². The zero-order chi connectivity index (χ0) is 13.8. The molecule has 1 unspecified atom stereocenters. The van der Waals surface area contributed by atoms with Crippen molar-refractivity contribution in [2.24, 2.45) is 0 Å². The van der Waals surface area contributed by atoms with E-state index >= 15 is 0 Å². The number of nitrogens with zero attached hydrogens (tertiary/aromatic N) is 2. The van der Waals surface area contributed by atoms with Gasteiger partial charge in [0.2, 0.25) is 0 Å². The quantitative estimate of drug-likeness (QED) is 0.940. The van der Waals surface area contributed by atoms with Gasteiger partial charge in [-0.1, -0.05) is 17.3 Å². The van der Waals surface area contributed by atoms with Gasteiger partial charge in [0.1, 0.15) is 0 Å². The summed E-state index contributed by atoms with van der Waals surface area (Å²) in [7, 11) is 0. The molecule has 1 N–H and O–H groups in total. The van der Waals surface area contributed by atoms with Gasteiger partial charge in [-0.15, -0.1) is 12.4 Å². The Bertz CT molecular complexity index is 573. The van der Waals surface area contributed by atoms with Crippen LogP contribution in [0.3, 0.4) is 0 Å². The van der Waals surface area contributed by atoms with Gasteiger partial charge >= 0.3 is 0 Å². The van der Waals surface area contributed by atoms with Crippen molar-refractivity contribution in [2.75, 3.05) is 13.1 Å². The van der Waals surface area contributed by atoms with Crippen LogP contribution in [0.2, 0.25) is 0 Å². The summed E-state index contributed by atoms with van der Waals surface area (Å²) >= 11 is 0. The molecule has 0 amide bonds. The monoisotopic (exact) mass is 313 g/mol. The van der Waals surface area contributed by atoms with Crippen LogP contribution in [0.25, 0.3) is 0 Å². The average molecular weight is 314 g/mol. The van der Waals surface area contributed by atoms with Crippen LogP contribution in [0.5, 0.6) is 5.75 Å². The number of benzene rings is 1. The van der Waals surface area contributed by atoms with Crippen LogP contribution in [0.4, 0.5) is 4.39 Å². The van der Waals surface area contributed by atoms with Crippen molar-refractivity contribution in [2.45, 2.75) is 25.4 Å². The molecule has 0 bridgehead atoms. The molecule has 5 nitrogen and oxygen atoms in total. The van der Waals surface area contributed by atoms with Crippen molar-refractivity contribution in [3.8, 4) is 5.75 Å². The van der Waals surface area contributed by atoms with Gasteiger partial charge in [-0.2, -0.15) is 4.98 Å². The second-order valence-corrected chi connectivity index (χ2v) is 4.81. The van der Waals surface area contributed by atoms with Crippen LogP contribution in [-0.4, -0.2) is 23.2 Å². The Morgan fingerprint density at radius 1 is 1.38 bits per heavy atom. The first-order chi connectivity index (χ1) is 9.83. The fourth-order valence-corrected chi connectivity index (χ4v) is 2.27. The van der Waals surface area contributed by atoms with Crippen molar-refractivity contribution in [3.63, 3.8) is 0 Å². The van der Waals surface area contributed by atoms with Gasteiger partial charge in [0.25, 0.3) is 5.89 Å². The zero-order valence-electron chi connectivity index (χ0n) is 11.4. The van der Waals surface area contributed by atoms with Crippen molar-refractivity contribution in [1.29, 1.82) is 0 Å². The molecule has 21 heavy (non-hydrogen) atoms. The summed E-state index contributed by atoms with van der Waals surface area (Å²) < 4.78 is 23.9. The van der Waals surface area contributed by atoms with E-state index in [2.05, 4.69) is 15.5 Å². The lowest BCUT2D eigenvalue weighted by atomic mass is 9.99. The van der Waals surface area contributed by atoms with E-state index in [0.29, 0.717) is 11.7 Å². The van der Waals surface area contributed by atoms with Crippen LogP contribution in [-0.2, 0) is 6.61 Å². The number of hydrogen-bond acceptors (Lipinski definition) is 5. The molecule has 1 aliphatic rings. The van der Waals surface area contributed by atoms with Gasteiger partial charge in [0, 0.05) is 12.5 Å². The number of rotatable bonds is 4. The Morgan fingerprint density at radius 3 is 3.00 bits per heavy atom. The van der Waals surface area contributed by atoms with Crippen molar-refractivity contribution < 1.29 is 13.7 Å². The second kappa shape index (κ2) is 7.38. The van der Waals surface area contributed by atoms with Gasteiger partial charge in [0.05, 0.1) is 0 Å². The lowest BCUT2D eigenvalue weighted by Gasteiger charge is -2.19. The van der Waals surface area contributed by atoms with E-state index in [1.165, 1.54) is 6.07 Å². The predicted octanol–water partition coefficient (Wildman–Crippen LogP) is 2.68. The standard InChI is InChI=1S/C14H16FN3O2.ClH/c15-11-5-1-2-6-12(11)19-9-13-17-14(18-20-13)10-4-3-7-16-8-10;/h1-2,5-6,10,16H,3-4,7-9H2;1H. The molecule has 0 aliphatic carbocycles. The molecule has 1 aliphatic heterocycles. The number of halogens is 2. The third-order valence-corrected chi connectivity index (χ3v) is 3.33. The van der Waals surface area contributed by atoms with Crippen molar-refractivity contribution >= 4 is 12.4 Å². The summed E-state index contributed by atoms with van der Waals surface area (Å²) in [6, 6.07) is 6.24. The van der Waals surface area contributed by atoms with Gasteiger partial charge in [-0.3, -0.25) is 0 Å². The SMILES string of the molecule is Cl.Fc1ccccc1OCc1nc(C2CCCNC2)no1. The minimum atomic E-state index is -0.399. The van der Waals surface area contributed by atoms with Crippen LogP contribution in [0, 0.1) is 5.82 Å². The molecule has 2 aromatic rings. The number of piperidine rings is 1. The molecule has 7 heteroatoms. The Morgan fingerprint density at radius 2 is 2.24 bits per heavy atom. The largest absolute Gasteiger partial charge is 0.481 e. The Kier molecular flexibility index (Phi) is 5.52. The maximum Gasteiger partial charge on any atom is 0.264 e. The third-order valence-electron chi connectivity index (χ3n) is 3.33. The maximum atomic E-state index is 13.4. The molecule has 114 valence electrons. The fraction of sp³-hybridized carbons (Fsp3) is 0.429.